The first-order valence-electron chi connectivity index (χ1n) is 4.86. The van der Waals surface area contributed by atoms with E-state index in [2.05, 4.69) is 0 Å². The first-order valence-corrected chi connectivity index (χ1v) is 4.86. The van der Waals surface area contributed by atoms with E-state index in [0.717, 1.165) is 16.6 Å². The lowest BCUT2D eigenvalue weighted by atomic mass is 10.1. The number of hydrogen-bond acceptors (Lipinski definition) is 2. The highest BCUT2D eigenvalue weighted by molar-refractivity contribution is 5.76. The minimum Gasteiger partial charge on any atom is -0.389 e. The van der Waals surface area contributed by atoms with Gasteiger partial charge in [0.25, 0.3) is 0 Å². The third kappa shape index (κ3) is 1.37. The molecule has 0 amide bonds. The van der Waals surface area contributed by atoms with Gasteiger partial charge in [-0.2, -0.15) is 0 Å². The van der Waals surface area contributed by atoms with E-state index >= 15 is 0 Å². The van der Waals surface area contributed by atoms with Crippen LogP contribution in [0.3, 0.4) is 0 Å². The molecular weight excluding hydrogens is 192 g/mol. The van der Waals surface area contributed by atoms with Gasteiger partial charge in [0, 0.05) is 14.1 Å². The van der Waals surface area contributed by atoms with Crippen molar-refractivity contribution in [1.29, 1.82) is 0 Å². The molecule has 0 fully saturated rings. The fraction of sp³-hybridized carbons (Fsp3) is 0.364. The quantitative estimate of drug-likeness (QED) is 0.754. The molecule has 1 heterocycles. The highest BCUT2D eigenvalue weighted by atomic mass is 16.3. The van der Waals surface area contributed by atoms with Gasteiger partial charge < -0.3 is 5.11 Å². The van der Waals surface area contributed by atoms with Crippen LogP contribution in [0.2, 0.25) is 0 Å². The molecule has 0 aliphatic carbocycles. The maximum absolute atomic E-state index is 11.6. The molecular formula is C11H14N2O2. The van der Waals surface area contributed by atoms with Gasteiger partial charge in [-0.3, -0.25) is 9.13 Å². The summed E-state index contributed by atoms with van der Waals surface area (Å²) >= 11 is 0. The molecule has 80 valence electrons. The zero-order chi connectivity index (χ0) is 11.2. The molecule has 0 aliphatic rings. The third-order valence-corrected chi connectivity index (χ3v) is 2.78. The molecule has 1 aromatic carbocycles. The summed E-state index contributed by atoms with van der Waals surface area (Å²) in [4.78, 5) is 11.6. The van der Waals surface area contributed by atoms with E-state index in [9.17, 15) is 9.90 Å². The Morgan fingerprint density at radius 2 is 1.80 bits per heavy atom. The van der Waals surface area contributed by atoms with Gasteiger partial charge in [0.15, 0.2) is 0 Å². The number of aliphatic hydroxyl groups excluding tert-OH is 1. The summed E-state index contributed by atoms with van der Waals surface area (Å²) in [5.74, 6) is 0. The van der Waals surface area contributed by atoms with Crippen LogP contribution in [0.15, 0.2) is 23.0 Å². The van der Waals surface area contributed by atoms with Gasteiger partial charge in [0.2, 0.25) is 0 Å². The van der Waals surface area contributed by atoms with E-state index in [1.807, 2.05) is 18.2 Å². The van der Waals surface area contributed by atoms with Gasteiger partial charge in [-0.15, -0.1) is 0 Å². The van der Waals surface area contributed by atoms with Crippen LogP contribution in [0, 0.1) is 0 Å². The van der Waals surface area contributed by atoms with Crippen LogP contribution in [-0.2, 0) is 14.1 Å². The Morgan fingerprint density at radius 1 is 1.20 bits per heavy atom. The van der Waals surface area contributed by atoms with E-state index in [0.29, 0.717) is 0 Å². The number of aryl methyl sites for hydroxylation is 2. The summed E-state index contributed by atoms with van der Waals surface area (Å²) < 4.78 is 3.18. The van der Waals surface area contributed by atoms with Crippen molar-refractivity contribution in [1.82, 2.24) is 9.13 Å². The van der Waals surface area contributed by atoms with Gasteiger partial charge in [-0.05, 0) is 24.6 Å². The van der Waals surface area contributed by atoms with Crippen LogP contribution >= 0.6 is 0 Å². The van der Waals surface area contributed by atoms with E-state index in [1.54, 1.807) is 30.2 Å². The van der Waals surface area contributed by atoms with Gasteiger partial charge in [0.05, 0.1) is 17.1 Å². The van der Waals surface area contributed by atoms with Crippen LogP contribution in [0.4, 0.5) is 0 Å². The molecule has 1 aromatic heterocycles. The molecule has 0 saturated heterocycles. The number of aliphatic hydroxyl groups is 1. The molecule has 4 heteroatoms. The first kappa shape index (κ1) is 9.98. The Kier molecular flexibility index (Phi) is 2.16. The second-order valence-corrected chi connectivity index (χ2v) is 3.82. The zero-order valence-corrected chi connectivity index (χ0v) is 9.06. The number of aromatic nitrogens is 2. The summed E-state index contributed by atoms with van der Waals surface area (Å²) in [7, 11) is 3.48. The van der Waals surface area contributed by atoms with Crippen molar-refractivity contribution in [2.45, 2.75) is 13.0 Å². The largest absolute Gasteiger partial charge is 0.389 e. The minimum absolute atomic E-state index is 0.0484. The number of rotatable bonds is 1. The first-order chi connectivity index (χ1) is 7.02. The average Bonchev–Trinajstić information content (AvgIpc) is 2.44. The van der Waals surface area contributed by atoms with Crippen molar-refractivity contribution in [3.8, 4) is 0 Å². The Morgan fingerprint density at radius 3 is 2.40 bits per heavy atom. The standard InChI is InChI=1S/C11H14N2O2/c1-7(14)8-4-5-9-10(6-8)13(3)11(15)12(9)2/h4-7,14H,1-3H3/t7-/m0/s1. The highest BCUT2D eigenvalue weighted by Gasteiger charge is 2.09. The number of benzene rings is 1. The van der Waals surface area contributed by atoms with Crippen molar-refractivity contribution in [3.05, 3.63) is 34.2 Å². The maximum Gasteiger partial charge on any atom is 0.328 e. The Bertz CT molecular complexity index is 564. The Balaban J connectivity index is 2.83. The van der Waals surface area contributed by atoms with Crippen LogP contribution < -0.4 is 5.69 Å². The molecule has 1 N–H and O–H groups in total. The molecule has 15 heavy (non-hydrogen) atoms. The second kappa shape index (κ2) is 3.24. The molecule has 0 aliphatic heterocycles. The van der Waals surface area contributed by atoms with Crippen molar-refractivity contribution < 1.29 is 5.11 Å². The maximum atomic E-state index is 11.6. The fourth-order valence-corrected chi connectivity index (χ4v) is 1.78. The van der Waals surface area contributed by atoms with E-state index < -0.39 is 6.10 Å². The van der Waals surface area contributed by atoms with Crippen molar-refractivity contribution in [3.63, 3.8) is 0 Å². The highest BCUT2D eigenvalue weighted by Crippen LogP contribution is 2.18. The summed E-state index contributed by atoms with van der Waals surface area (Å²) in [6.07, 6.45) is -0.510. The third-order valence-electron chi connectivity index (χ3n) is 2.78. The fourth-order valence-electron chi connectivity index (χ4n) is 1.78. The molecule has 2 aromatic rings. The van der Waals surface area contributed by atoms with Crippen LogP contribution in [0.1, 0.15) is 18.6 Å². The van der Waals surface area contributed by atoms with Crippen LogP contribution in [-0.4, -0.2) is 14.2 Å². The predicted molar refractivity (Wildman–Crippen MR) is 58.8 cm³/mol. The van der Waals surface area contributed by atoms with Crippen LogP contribution in [0.25, 0.3) is 11.0 Å². The number of hydrogen-bond donors (Lipinski definition) is 1. The molecule has 0 saturated carbocycles. The minimum atomic E-state index is -0.510. The van der Waals surface area contributed by atoms with Gasteiger partial charge in [-0.1, -0.05) is 6.07 Å². The van der Waals surface area contributed by atoms with Gasteiger partial charge >= 0.3 is 5.69 Å². The molecule has 1 atom stereocenters. The topological polar surface area (TPSA) is 47.2 Å². The summed E-state index contributed by atoms with van der Waals surface area (Å²) in [6.45, 7) is 1.71. The van der Waals surface area contributed by atoms with Gasteiger partial charge in [-0.25, -0.2) is 4.79 Å². The molecule has 0 unspecified atom stereocenters. The van der Waals surface area contributed by atoms with Gasteiger partial charge in [0.1, 0.15) is 0 Å². The van der Waals surface area contributed by atoms with Crippen molar-refractivity contribution in [2.24, 2.45) is 14.1 Å². The SMILES string of the molecule is C[C@H](O)c1ccc2c(c1)n(C)c(=O)n2C. The smallest absolute Gasteiger partial charge is 0.328 e. The molecule has 0 radical (unpaired) electrons. The number of fused-ring (bicyclic) bond motifs is 1. The lowest BCUT2D eigenvalue weighted by molar-refractivity contribution is 0.199. The second-order valence-electron chi connectivity index (χ2n) is 3.82. The predicted octanol–water partition coefficient (Wildman–Crippen LogP) is 0.930. The molecule has 2 rings (SSSR count). The Hall–Kier alpha value is -1.55. The summed E-state index contributed by atoms with van der Waals surface area (Å²) in [5.41, 5.74) is 2.50. The number of imidazole rings is 1. The lowest BCUT2D eigenvalue weighted by Crippen LogP contribution is -2.19. The van der Waals surface area contributed by atoms with E-state index in [1.165, 1.54) is 0 Å². The normalized spacial score (nSPS) is 13.3. The van der Waals surface area contributed by atoms with E-state index in [-0.39, 0.29) is 5.69 Å². The average molecular weight is 206 g/mol. The summed E-state index contributed by atoms with van der Waals surface area (Å²) in [6, 6.07) is 5.55. The Labute approximate surface area is 87.4 Å². The van der Waals surface area contributed by atoms with E-state index in [4.69, 9.17) is 0 Å². The van der Waals surface area contributed by atoms with Crippen LogP contribution in [0.5, 0.6) is 0 Å². The molecule has 0 bridgehead atoms. The summed E-state index contributed by atoms with van der Waals surface area (Å²) in [5, 5.41) is 9.46. The van der Waals surface area contributed by atoms with Crippen molar-refractivity contribution in [2.75, 3.05) is 0 Å². The zero-order valence-electron chi connectivity index (χ0n) is 9.06. The number of nitrogens with zero attached hydrogens (tertiary/aromatic N) is 2. The molecule has 4 nitrogen and oxygen atoms in total. The molecule has 0 spiro atoms. The monoisotopic (exact) mass is 206 g/mol. The van der Waals surface area contributed by atoms with Crippen molar-refractivity contribution >= 4 is 11.0 Å². The lowest BCUT2D eigenvalue weighted by Gasteiger charge is -2.04.